The lowest BCUT2D eigenvalue weighted by molar-refractivity contribution is -0.384. The number of aromatic nitrogens is 2. The van der Waals surface area contributed by atoms with Gasteiger partial charge in [0.15, 0.2) is 5.78 Å². The van der Waals surface area contributed by atoms with Gasteiger partial charge in [0.25, 0.3) is 11.2 Å². The molecule has 0 aliphatic heterocycles. The average Bonchev–Trinajstić information content (AvgIpc) is 2.58. The fourth-order valence-corrected chi connectivity index (χ4v) is 2.77. The minimum atomic E-state index is -0.567. The van der Waals surface area contributed by atoms with Gasteiger partial charge in [0, 0.05) is 21.3 Å². The molecule has 0 N–H and O–H groups in total. The van der Waals surface area contributed by atoms with E-state index in [2.05, 4.69) is 27.6 Å². The molecule has 0 atom stereocenters. The molecule has 2 aromatic carbocycles. The van der Waals surface area contributed by atoms with E-state index < -0.39 is 10.7 Å². The predicted molar refractivity (Wildman–Crippen MR) is 96.1 cm³/mol. The Morgan fingerprint density at radius 2 is 2.04 bits per heavy atom. The monoisotopic (exact) mass is 435 g/mol. The van der Waals surface area contributed by atoms with E-state index in [9.17, 15) is 19.7 Å². The second-order valence-electron chi connectivity index (χ2n) is 5.07. The van der Waals surface area contributed by atoms with Crippen molar-refractivity contribution in [2.45, 2.75) is 6.54 Å². The van der Waals surface area contributed by atoms with Crippen LogP contribution in [0.2, 0.25) is 0 Å². The first kappa shape index (κ1) is 16.2. The highest BCUT2D eigenvalue weighted by atomic mass is 127. The predicted octanol–water partition coefficient (Wildman–Crippen LogP) is 2.79. The summed E-state index contributed by atoms with van der Waals surface area (Å²) in [7, 11) is 0. The number of nitrogens with zero attached hydrogens (tertiary/aromatic N) is 3. The first-order valence-electron chi connectivity index (χ1n) is 6.88. The van der Waals surface area contributed by atoms with Gasteiger partial charge in [0.2, 0.25) is 0 Å². The quantitative estimate of drug-likeness (QED) is 0.272. The number of ketones is 1. The van der Waals surface area contributed by atoms with Crippen LogP contribution in [0.5, 0.6) is 0 Å². The lowest BCUT2D eigenvalue weighted by Crippen LogP contribution is -2.24. The van der Waals surface area contributed by atoms with Crippen LogP contribution in [-0.4, -0.2) is 20.3 Å². The molecule has 0 spiro atoms. The molecule has 0 bridgehead atoms. The molecule has 0 saturated carbocycles. The third-order valence-corrected chi connectivity index (χ3v) is 4.15. The maximum Gasteiger partial charge on any atom is 0.270 e. The topological polar surface area (TPSA) is 95.1 Å². The van der Waals surface area contributed by atoms with E-state index in [1.165, 1.54) is 35.2 Å². The van der Waals surface area contributed by atoms with Crippen LogP contribution < -0.4 is 5.56 Å². The molecular weight excluding hydrogens is 425 g/mol. The zero-order valence-corrected chi connectivity index (χ0v) is 14.3. The zero-order valence-electron chi connectivity index (χ0n) is 12.2. The number of fused-ring (bicyclic) bond motifs is 1. The molecule has 0 saturated heterocycles. The van der Waals surface area contributed by atoms with E-state index in [1.54, 1.807) is 12.1 Å². The Bertz CT molecular complexity index is 1030. The Morgan fingerprint density at radius 1 is 1.25 bits per heavy atom. The Labute approximate surface area is 149 Å². The Morgan fingerprint density at radius 3 is 2.79 bits per heavy atom. The summed E-state index contributed by atoms with van der Waals surface area (Å²) in [6.07, 6.45) is 1.31. The number of hydrogen-bond donors (Lipinski definition) is 0. The fourth-order valence-electron chi connectivity index (χ4n) is 2.28. The lowest BCUT2D eigenvalue weighted by atomic mass is 10.1. The van der Waals surface area contributed by atoms with Crippen LogP contribution in [0.15, 0.2) is 53.6 Å². The van der Waals surface area contributed by atoms with Crippen molar-refractivity contribution in [2.24, 2.45) is 0 Å². The molecule has 8 heteroatoms. The van der Waals surface area contributed by atoms with Gasteiger partial charge in [0.05, 0.1) is 28.7 Å². The van der Waals surface area contributed by atoms with Crippen LogP contribution in [0.4, 0.5) is 5.69 Å². The van der Waals surface area contributed by atoms with Crippen molar-refractivity contribution in [3.8, 4) is 0 Å². The number of non-ortho nitro benzene ring substituents is 1. The molecule has 0 radical (unpaired) electrons. The van der Waals surface area contributed by atoms with Gasteiger partial charge in [-0.2, -0.15) is 0 Å². The normalized spacial score (nSPS) is 10.7. The van der Waals surface area contributed by atoms with Gasteiger partial charge in [-0.1, -0.05) is 12.1 Å². The first-order chi connectivity index (χ1) is 11.5. The average molecular weight is 435 g/mol. The van der Waals surface area contributed by atoms with E-state index in [0.717, 1.165) is 3.57 Å². The molecule has 24 heavy (non-hydrogen) atoms. The zero-order chi connectivity index (χ0) is 17.3. The van der Waals surface area contributed by atoms with Crippen LogP contribution in [0, 0.1) is 13.7 Å². The van der Waals surface area contributed by atoms with Crippen molar-refractivity contribution < 1.29 is 9.72 Å². The van der Waals surface area contributed by atoms with Gasteiger partial charge in [-0.3, -0.25) is 24.3 Å². The van der Waals surface area contributed by atoms with Crippen molar-refractivity contribution in [3.63, 3.8) is 0 Å². The summed E-state index contributed by atoms with van der Waals surface area (Å²) >= 11 is 2.09. The molecule has 120 valence electrons. The van der Waals surface area contributed by atoms with E-state index >= 15 is 0 Å². The number of hydrogen-bond acceptors (Lipinski definition) is 5. The van der Waals surface area contributed by atoms with Gasteiger partial charge in [-0.05, 0) is 40.8 Å². The highest BCUT2D eigenvalue weighted by Crippen LogP contribution is 2.15. The van der Waals surface area contributed by atoms with E-state index in [-0.39, 0.29) is 23.4 Å². The third-order valence-electron chi connectivity index (χ3n) is 3.48. The first-order valence-corrected chi connectivity index (χ1v) is 7.96. The maximum atomic E-state index is 12.5. The van der Waals surface area contributed by atoms with Crippen LogP contribution in [0.25, 0.3) is 10.9 Å². The molecule has 0 aliphatic rings. The number of benzene rings is 2. The van der Waals surface area contributed by atoms with Crippen molar-refractivity contribution in [2.75, 3.05) is 0 Å². The summed E-state index contributed by atoms with van der Waals surface area (Å²) < 4.78 is 2.10. The summed E-state index contributed by atoms with van der Waals surface area (Å²) in [5.41, 5.74) is 0.245. The molecule has 0 amide bonds. The maximum absolute atomic E-state index is 12.5. The molecule has 0 fully saturated rings. The summed E-state index contributed by atoms with van der Waals surface area (Å²) in [5.74, 6) is -0.396. The van der Waals surface area contributed by atoms with Crippen LogP contribution in [-0.2, 0) is 6.54 Å². The fraction of sp³-hybridized carbons (Fsp3) is 0.0625. The minimum Gasteiger partial charge on any atom is -0.292 e. The van der Waals surface area contributed by atoms with Crippen molar-refractivity contribution in [1.29, 1.82) is 0 Å². The summed E-state index contributed by atoms with van der Waals surface area (Å²) in [5, 5.41) is 11.2. The molecule has 1 aromatic heterocycles. The lowest BCUT2D eigenvalue weighted by Gasteiger charge is -2.06. The number of nitro groups is 1. The Kier molecular flexibility index (Phi) is 4.38. The van der Waals surface area contributed by atoms with Gasteiger partial charge >= 0.3 is 0 Å². The van der Waals surface area contributed by atoms with E-state index in [0.29, 0.717) is 10.9 Å². The van der Waals surface area contributed by atoms with Gasteiger partial charge in [-0.25, -0.2) is 4.98 Å². The highest BCUT2D eigenvalue weighted by molar-refractivity contribution is 14.1. The number of carbonyl (C=O) groups excluding carboxylic acids is 1. The standard InChI is InChI=1S/C16H10IN3O4/c17-11-4-5-14-13(7-11)16(22)19(9-18-14)8-15(21)10-2-1-3-12(6-10)20(23)24/h1-7,9H,8H2. The minimum absolute atomic E-state index is 0.167. The molecular formula is C16H10IN3O4. The molecule has 7 nitrogen and oxygen atoms in total. The molecule has 3 aromatic rings. The van der Waals surface area contributed by atoms with Gasteiger partial charge in [-0.15, -0.1) is 0 Å². The number of carbonyl (C=O) groups is 1. The van der Waals surface area contributed by atoms with Crippen LogP contribution >= 0.6 is 22.6 Å². The smallest absolute Gasteiger partial charge is 0.270 e. The van der Waals surface area contributed by atoms with Crippen LogP contribution in [0.1, 0.15) is 10.4 Å². The van der Waals surface area contributed by atoms with Crippen molar-refractivity contribution in [1.82, 2.24) is 9.55 Å². The largest absolute Gasteiger partial charge is 0.292 e. The SMILES string of the molecule is O=C(Cn1cnc2ccc(I)cc2c1=O)c1cccc([N+](=O)[O-])c1. The van der Waals surface area contributed by atoms with Crippen molar-refractivity contribution in [3.05, 3.63) is 78.4 Å². The van der Waals surface area contributed by atoms with Crippen LogP contribution in [0.3, 0.4) is 0 Å². The van der Waals surface area contributed by atoms with Gasteiger partial charge in [0.1, 0.15) is 0 Å². The van der Waals surface area contributed by atoms with E-state index in [1.807, 2.05) is 6.07 Å². The highest BCUT2D eigenvalue weighted by Gasteiger charge is 2.13. The molecule has 0 aliphatic carbocycles. The molecule has 1 heterocycles. The summed E-state index contributed by atoms with van der Waals surface area (Å²) in [6.45, 7) is -0.228. The third kappa shape index (κ3) is 3.18. The van der Waals surface area contributed by atoms with Crippen molar-refractivity contribution >= 4 is 45.0 Å². The summed E-state index contributed by atoms with van der Waals surface area (Å²) in [4.78, 5) is 39.2. The number of rotatable bonds is 4. The Balaban J connectivity index is 1.96. The second kappa shape index (κ2) is 6.48. The summed E-state index contributed by atoms with van der Waals surface area (Å²) in [6, 6.07) is 10.7. The number of nitro benzene ring substituents is 1. The number of Topliss-reactive ketones (excluding diaryl/α,β-unsaturated/α-hetero) is 1. The van der Waals surface area contributed by atoms with Gasteiger partial charge < -0.3 is 0 Å². The molecule has 0 unspecified atom stereocenters. The molecule has 3 rings (SSSR count). The number of halogens is 1. The Hall–Kier alpha value is -2.62. The van der Waals surface area contributed by atoms with E-state index in [4.69, 9.17) is 0 Å². The second-order valence-corrected chi connectivity index (χ2v) is 6.32.